The van der Waals surface area contributed by atoms with E-state index in [0.717, 1.165) is 4.90 Å². The summed E-state index contributed by atoms with van der Waals surface area (Å²) in [5.41, 5.74) is 0. The summed E-state index contributed by atoms with van der Waals surface area (Å²) in [5, 5.41) is 22.0. The molecule has 0 aromatic heterocycles. The van der Waals surface area contributed by atoms with Crippen molar-refractivity contribution in [3.8, 4) is 0 Å². The highest BCUT2D eigenvalue weighted by Gasteiger charge is 2.27. The first-order valence-corrected chi connectivity index (χ1v) is 5.67. The van der Waals surface area contributed by atoms with Crippen molar-refractivity contribution >= 4 is 23.9 Å². The second-order valence-electron chi connectivity index (χ2n) is 4.06. The Morgan fingerprint density at radius 1 is 1.37 bits per heavy atom. The van der Waals surface area contributed by atoms with Gasteiger partial charge in [0.05, 0.1) is 6.42 Å². The van der Waals surface area contributed by atoms with E-state index in [0.29, 0.717) is 19.5 Å². The van der Waals surface area contributed by atoms with Gasteiger partial charge in [-0.1, -0.05) is 0 Å². The number of carbonyl (C=O) groups is 4. The van der Waals surface area contributed by atoms with Gasteiger partial charge < -0.3 is 25.7 Å². The molecule has 1 fully saturated rings. The van der Waals surface area contributed by atoms with Crippen LogP contribution in [0.1, 0.15) is 12.8 Å². The van der Waals surface area contributed by atoms with E-state index in [1.165, 1.54) is 0 Å². The summed E-state index contributed by atoms with van der Waals surface area (Å²) in [6.45, 7) is 0.565. The summed E-state index contributed by atoms with van der Waals surface area (Å²) in [6, 6.07) is -2.28. The number of rotatable bonds is 4. The zero-order chi connectivity index (χ0) is 14.4. The highest BCUT2D eigenvalue weighted by molar-refractivity contribution is 5.88. The van der Waals surface area contributed by atoms with Crippen molar-refractivity contribution < 1.29 is 29.4 Å². The topological polar surface area (TPSA) is 136 Å². The zero-order valence-electron chi connectivity index (χ0n) is 10.1. The fourth-order valence-corrected chi connectivity index (χ4v) is 1.59. The fourth-order valence-electron chi connectivity index (χ4n) is 1.59. The summed E-state index contributed by atoms with van der Waals surface area (Å²) in [5.74, 6) is -3.10. The first-order chi connectivity index (χ1) is 8.90. The molecule has 19 heavy (non-hydrogen) atoms. The second kappa shape index (κ2) is 6.57. The van der Waals surface area contributed by atoms with Crippen molar-refractivity contribution in [3.63, 3.8) is 0 Å². The molecule has 1 rings (SSSR count). The molecule has 3 amide bonds. The molecule has 1 atom stereocenters. The molecule has 9 nitrogen and oxygen atoms in total. The van der Waals surface area contributed by atoms with E-state index in [2.05, 4.69) is 10.6 Å². The van der Waals surface area contributed by atoms with Gasteiger partial charge in [-0.15, -0.1) is 0 Å². The summed E-state index contributed by atoms with van der Waals surface area (Å²) < 4.78 is 0. The molecule has 0 unspecified atom stereocenters. The summed E-state index contributed by atoms with van der Waals surface area (Å²) >= 11 is 0. The van der Waals surface area contributed by atoms with Gasteiger partial charge in [-0.05, 0) is 6.42 Å². The number of amides is 3. The van der Waals surface area contributed by atoms with Crippen LogP contribution in [0.3, 0.4) is 0 Å². The number of nitrogens with zero attached hydrogens (tertiary/aromatic N) is 1. The molecule has 0 spiro atoms. The lowest BCUT2D eigenvalue weighted by Gasteiger charge is -2.22. The van der Waals surface area contributed by atoms with Gasteiger partial charge in [0.1, 0.15) is 12.6 Å². The van der Waals surface area contributed by atoms with Crippen LogP contribution in [0.25, 0.3) is 0 Å². The maximum absolute atomic E-state index is 11.8. The number of aliphatic carboxylic acids is 2. The molecule has 0 aliphatic carbocycles. The Hall–Kier alpha value is -2.32. The molecule has 1 aliphatic rings. The van der Waals surface area contributed by atoms with Crippen LogP contribution in [0.5, 0.6) is 0 Å². The summed E-state index contributed by atoms with van der Waals surface area (Å²) in [6.07, 6.45) is -0.170. The Labute approximate surface area is 108 Å². The van der Waals surface area contributed by atoms with Gasteiger partial charge in [0.2, 0.25) is 5.91 Å². The first-order valence-electron chi connectivity index (χ1n) is 5.67. The molecule has 9 heteroatoms. The molecule has 4 N–H and O–H groups in total. The Kier molecular flexibility index (Phi) is 5.10. The van der Waals surface area contributed by atoms with E-state index in [4.69, 9.17) is 10.2 Å². The second-order valence-corrected chi connectivity index (χ2v) is 4.06. The van der Waals surface area contributed by atoms with Gasteiger partial charge in [-0.2, -0.15) is 0 Å². The number of nitrogens with one attached hydrogen (secondary N) is 2. The molecule has 1 heterocycles. The lowest BCUT2D eigenvalue weighted by molar-refractivity contribution is -0.145. The van der Waals surface area contributed by atoms with E-state index in [9.17, 15) is 19.2 Å². The van der Waals surface area contributed by atoms with Crippen molar-refractivity contribution in [1.29, 1.82) is 0 Å². The number of carboxylic acid groups (broad SMARTS) is 2. The summed E-state index contributed by atoms with van der Waals surface area (Å²) in [4.78, 5) is 45.5. The molecule has 1 aliphatic heterocycles. The third-order valence-electron chi connectivity index (χ3n) is 2.52. The van der Waals surface area contributed by atoms with Crippen LogP contribution in [-0.4, -0.2) is 64.7 Å². The predicted molar refractivity (Wildman–Crippen MR) is 61.4 cm³/mol. The minimum absolute atomic E-state index is 0.175. The average molecular weight is 273 g/mol. The SMILES string of the molecule is O=C(O)C[C@@H](NC(=O)N1CCCNC(=O)C1)C(=O)O. The third kappa shape index (κ3) is 4.82. The van der Waals surface area contributed by atoms with Crippen LogP contribution in [0.2, 0.25) is 0 Å². The number of hydrogen-bond acceptors (Lipinski definition) is 4. The molecule has 0 bridgehead atoms. The Bertz CT molecular complexity index is 397. The molecular weight excluding hydrogens is 258 g/mol. The number of carboxylic acids is 2. The van der Waals surface area contributed by atoms with Gasteiger partial charge >= 0.3 is 18.0 Å². The lowest BCUT2D eigenvalue weighted by atomic mass is 10.2. The zero-order valence-corrected chi connectivity index (χ0v) is 10.1. The van der Waals surface area contributed by atoms with Crippen LogP contribution >= 0.6 is 0 Å². The number of hydrogen-bond donors (Lipinski definition) is 4. The molecule has 0 aromatic carbocycles. The molecule has 0 radical (unpaired) electrons. The molecular formula is C10H15N3O6. The summed E-state index contributed by atoms with van der Waals surface area (Å²) in [7, 11) is 0. The Morgan fingerprint density at radius 3 is 2.63 bits per heavy atom. The van der Waals surface area contributed by atoms with Crippen LogP contribution in [0.15, 0.2) is 0 Å². The van der Waals surface area contributed by atoms with Gasteiger partial charge in [0, 0.05) is 13.1 Å². The molecule has 1 saturated heterocycles. The number of urea groups is 1. The maximum atomic E-state index is 11.8. The quantitative estimate of drug-likeness (QED) is 0.489. The Morgan fingerprint density at radius 2 is 2.05 bits per heavy atom. The highest BCUT2D eigenvalue weighted by Crippen LogP contribution is 2.00. The van der Waals surface area contributed by atoms with E-state index in [1.807, 2.05) is 0 Å². The lowest BCUT2D eigenvalue weighted by Crippen LogP contribution is -2.50. The van der Waals surface area contributed by atoms with Crippen molar-refractivity contribution in [2.75, 3.05) is 19.6 Å². The van der Waals surface area contributed by atoms with Gasteiger partial charge in [0.15, 0.2) is 0 Å². The third-order valence-corrected chi connectivity index (χ3v) is 2.52. The fraction of sp³-hybridized carbons (Fsp3) is 0.600. The standard InChI is InChI=1S/C10H15N3O6/c14-7-5-13(3-1-2-11-7)10(19)12-6(9(17)18)4-8(15)16/h6H,1-5H2,(H,11,14)(H,12,19)(H,15,16)(H,17,18)/t6-/m1/s1. The Balaban J connectivity index is 2.62. The molecule has 0 saturated carbocycles. The van der Waals surface area contributed by atoms with E-state index in [1.54, 1.807) is 0 Å². The minimum atomic E-state index is -1.52. The minimum Gasteiger partial charge on any atom is -0.481 e. The first kappa shape index (κ1) is 14.7. The number of carbonyl (C=O) groups excluding carboxylic acids is 2. The predicted octanol–water partition coefficient (Wildman–Crippen LogP) is -1.55. The van der Waals surface area contributed by atoms with Crippen LogP contribution in [0.4, 0.5) is 4.79 Å². The van der Waals surface area contributed by atoms with E-state index < -0.39 is 30.4 Å². The average Bonchev–Trinajstić information content (AvgIpc) is 2.52. The monoisotopic (exact) mass is 273 g/mol. The van der Waals surface area contributed by atoms with Crippen molar-refractivity contribution in [2.24, 2.45) is 0 Å². The van der Waals surface area contributed by atoms with Gasteiger partial charge in [0.25, 0.3) is 0 Å². The molecule has 106 valence electrons. The van der Waals surface area contributed by atoms with Gasteiger partial charge in [-0.25, -0.2) is 9.59 Å². The molecule has 0 aromatic rings. The van der Waals surface area contributed by atoms with E-state index >= 15 is 0 Å². The van der Waals surface area contributed by atoms with Crippen LogP contribution in [-0.2, 0) is 14.4 Å². The smallest absolute Gasteiger partial charge is 0.326 e. The van der Waals surface area contributed by atoms with Crippen LogP contribution in [0, 0.1) is 0 Å². The largest absolute Gasteiger partial charge is 0.481 e. The van der Waals surface area contributed by atoms with Crippen LogP contribution < -0.4 is 10.6 Å². The van der Waals surface area contributed by atoms with Crippen molar-refractivity contribution in [2.45, 2.75) is 18.9 Å². The highest BCUT2D eigenvalue weighted by atomic mass is 16.4. The maximum Gasteiger partial charge on any atom is 0.326 e. The van der Waals surface area contributed by atoms with Gasteiger partial charge in [-0.3, -0.25) is 9.59 Å². The normalized spacial score (nSPS) is 17.1. The van der Waals surface area contributed by atoms with Crippen molar-refractivity contribution in [3.05, 3.63) is 0 Å². The van der Waals surface area contributed by atoms with Crippen molar-refractivity contribution in [1.82, 2.24) is 15.5 Å². The van der Waals surface area contributed by atoms with E-state index in [-0.39, 0.29) is 12.5 Å².